The van der Waals surface area contributed by atoms with E-state index < -0.39 is 4.32 Å². The predicted molar refractivity (Wildman–Crippen MR) is 69.7 cm³/mol. The van der Waals surface area contributed by atoms with Crippen LogP contribution in [0.25, 0.3) is 0 Å². The van der Waals surface area contributed by atoms with Gasteiger partial charge in [0.2, 0.25) is 5.91 Å². The zero-order valence-electron chi connectivity index (χ0n) is 10.3. The molecule has 1 saturated carbocycles. The molecule has 2 rings (SSSR count). The molecule has 3 heteroatoms. The summed E-state index contributed by atoms with van der Waals surface area (Å²) in [6, 6.07) is 0.534. The summed E-state index contributed by atoms with van der Waals surface area (Å²) < 4.78 is -0.396. The lowest BCUT2D eigenvalue weighted by Gasteiger charge is -2.45. The average molecular weight is 288 g/mol. The topological polar surface area (TPSA) is 20.3 Å². The first-order valence-corrected chi connectivity index (χ1v) is 7.29. The number of carbonyl (C=O) groups is 1. The number of alkyl halides is 1. The Bertz CT molecular complexity index is 270. The van der Waals surface area contributed by atoms with Crippen LogP contribution in [0.4, 0.5) is 0 Å². The maximum absolute atomic E-state index is 12.4. The van der Waals surface area contributed by atoms with Crippen molar-refractivity contribution in [1.82, 2.24) is 4.90 Å². The molecule has 0 bridgehead atoms. The molecule has 2 atom stereocenters. The highest BCUT2D eigenvalue weighted by molar-refractivity contribution is 9.10. The quantitative estimate of drug-likeness (QED) is 0.678. The Morgan fingerprint density at radius 2 is 1.81 bits per heavy atom. The first kappa shape index (κ1) is 12.4. The molecule has 0 radical (unpaired) electrons. The number of piperidine rings is 1. The second-order valence-electron chi connectivity index (χ2n) is 5.73. The molecule has 2 aliphatic rings. The number of nitrogens with zero attached hydrogens (tertiary/aromatic N) is 1. The lowest BCUT2D eigenvalue weighted by molar-refractivity contribution is -0.139. The van der Waals surface area contributed by atoms with Gasteiger partial charge in [-0.3, -0.25) is 4.79 Å². The number of hydrogen-bond donors (Lipinski definition) is 0. The van der Waals surface area contributed by atoms with E-state index in [1.165, 1.54) is 38.5 Å². The molecule has 2 nitrogen and oxygen atoms in total. The third-order valence-corrected chi connectivity index (χ3v) is 4.35. The van der Waals surface area contributed by atoms with Crippen LogP contribution in [0.3, 0.4) is 0 Å². The Hall–Kier alpha value is -0.0500. The van der Waals surface area contributed by atoms with Gasteiger partial charge in [0, 0.05) is 12.6 Å². The van der Waals surface area contributed by atoms with Crippen LogP contribution in [-0.4, -0.2) is 27.7 Å². The second-order valence-corrected chi connectivity index (χ2v) is 7.71. The number of hydrogen-bond acceptors (Lipinski definition) is 1. The standard InChI is InChI=1S/C13H22BrNO/c1-13(2,14)12(16)15-9-5-7-10-6-3-4-8-11(10)15/h10-11H,3-9H2,1-2H3. The van der Waals surface area contributed by atoms with Crippen molar-refractivity contribution < 1.29 is 4.79 Å². The van der Waals surface area contributed by atoms with Gasteiger partial charge < -0.3 is 4.90 Å². The Kier molecular flexibility index (Phi) is 3.62. The minimum absolute atomic E-state index is 0.282. The molecule has 1 heterocycles. The van der Waals surface area contributed by atoms with Gasteiger partial charge in [-0.1, -0.05) is 28.8 Å². The fourth-order valence-electron chi connectivity index (χ4n) is 3.22. The molecule has 0 aromatic heterocycles. The molecule has 16 heavy (non-hydrogen) atoms. The van der Waals surface area contributed by atoms with E-state index in [2.05, 4.69) is 20.8 Å². The van der Waals surface area contributed by atoms with E-state index in [1.54, 1.807) is 0 Å². The minimum atomic E-state index is -0.396. The maximum Gasteiger partial charge on any atom is 0.239 e. The molecule has 2 unspecified atom stereocenters. The van der Waals surface area contributed by atoms with Crippen molar-refractivity contribution in [3.05, 3.63) is 0 Å². The van der Waals surface area contributed by atoms with Crippen molar-refractivity contribution in [2.75, 3.05) is 6.54 Å². The monoisotopic (exact) mass is 287 g/mol. The highest BCUT2D eigenvalue weighted by atomic mass is 79.9. The van der Waals surface area contributed by atoms with Crippen molar-refractivity contribution in [2.24, 2.45) is 5.92 Å². The number of halogens is 1. The van der Waals surface area contributed by atoms with Crippen LogP contribution in [0.5, 0.6) is 0 Å². The van der Waals surface area contributed by atoms with Gasteiger partial charge in [-0.2, -0.15) is 0 Å². The van der Waals surface area contributed by atoms with E-state index in [4.69, 9.17) is 0 Å². The summed E-state index contributed by atoms with van der Waals surface area (Å²) >= 11 is 3.50. The number of fused-ring (bicyclic) bond motifs is 1. The number of carbonyl (C=O) groups excluding carboxylic acids is 1. The summed E-state index contributed by atoms with van der Waals surface area (Å²) in [5, 5.41) is 0. The highest BCUT2D eigenvalue weighted by Crippen LogP contribution is 2.37. The van der Waals surface area contributed by atoms with Gasteiger partial charge in [0.1, 0.15) is 0 Å². The second kappa shape index (κ2) is 4.67. The van der Waals surface area contributed by atoms with E-state index in [0.29, 0.717) is 6.04 Å². The summed E-state index contributed by atoms with van der Waals surface area (Å²) in [6.45, 7) is 4.89. The molecule has 1 amide bonds. The lowest BCUT2D eigenvalue weighted by Crippen LogP contribution is -2.53. The SMILES string of the molecule is CC(C)(Br)C(=O)N1CCCC2CCCCC21. The minimum Gasteiger partial charge on any atom is -0.338 e. The largest absolute Gasteiger partial charge is 0.338 e. The summed E-state index contributed by atoms with van der Waals surface area (Å²) in [6.07, 6.45) is 7.73. The van der Waals surface area contributed by atoms with Gasteiger partial charge in [-0.15, -0.1) is 0 Å². The van der Waals surface area contributed by atoms with Crippen LogP contribution in [0.1, 0.15) is 52.4 Å². The van der Waals surface area contributed by atoms with E-state index in [0.717, 1.165) is 12.5 Å². The summed E-state index contributed by atoms with van der Waals surface area (Å²) in [5.74, 6) is 1.06. The lowest BCUT2D eigenvalue weighted by atomic mass is 9.78. The maximum atomic E-state index is 12.4. The van der Waals surface area contributed by atoms with Crippen molar-refractivity contribution in [1.29, 1.82) is 0 Å². The van der Waals surface area contributed by atoms with Crippen molar-refractivity contribution >= 4 is 21.8 Å². The fourth-order valence-corrected chi connectivity index (χ4v) is 3.45. The summed E-state index contributed by atoms with van der Waals surface area (Å²) in [4.78, 5) is 14.5. The van der Waals surface area contributed by atoms with Gasteiger partial charge >= 0.3 is 0 Å². The Labute approximate surface area is 107 Å². The first-order valence-electron chi connectivity index (χ1n) is 6.50. The molecule has 1 aliphatic carbocycles. The number of likely N-dealkylation sites (tertiary alicyclic amines) is 1. The van der Waals surface area contributed by atoms with Crippen LogP contribution >= 0.6 is 15.9 Å². The number of rotatable bonds is 1. The normalized spacial score (nSPS) is 31.1. The van der Waals surface area contributed by atoms with Crippen LogP contribution in [-0.2, 0) is 4.79 Å². The molecule has 1 aliphatic heterocycles. The third-order valence-electron chi connectivity index (χ3n) is 4.01. The summed E-state index contributed by atoms with van der Waals surface area (Å²) in [7, 11) is 0. The highest BCUT2D eigenvalue weighted by Gasteiger charge is 2.39. The van der Waals surface area contributed by atoms with Crippen molar-refractivity contribution in [3.8, 4) is 0 Å². The van der Waals surface area contributed by atoms with Crippen LogP contribution in [0, 0.1) is 5.92 Å². The molecular weight excluding hydrogens is 266 g/mol. The summed E-state index contributed by atoms with van der Waals surface area (Å²) in [5.41, 5.74) is 0. The van der Waals surface area contributed by atoms with E-state index in [1.807, 2.05) is 13.8 Å². The molecule has 0 spiro atoms. The molecular formula is C13H22BrNO. The van der Waals surface area contributed by atoms with Crippen LogP contribution < -0.4 is 0 Å². The smallest absolute Gasteiger partial charge is 0.239 e. The Balaban J connectivity index is 2.11. The third kappa shape index (κ3) is 2.44. The van der Waals surface area contributed by atoms with Gasteiger partial charge in [0.25, 0.3) is 0 Å². The van der Waals surface area contributed by atoms with E-state index in [9.17, 15) is 4.79 Å². The predicted octanol–water partition coefficient (Wildman–Crippen LogP) is 3.34. The molecule has 0 aromatic carbocycles. The fraction of sp³-hybridized carbons (Fsp3) is 0.923. The van der Waals surface area contributed by atoms with Crippen LogP contribution in [0.15, 0.2) is 0 Å². The van der Waals surface area contributed by atoms with Crippen LogP contribution in [0.2, 0.25) is 0 Å². The zero-order chi connectivity index (χ0) is 11.8. The molecule has 92 valence electrons. The molecule has 0 N–H and O–H groups in total. The van der Waals surface area contributed by atoms with Gasteiger partial charge in [0.05, 0.1) is 4.32 Å². The molecule has 1 saturated heterocycles. The Morgan fingerprint density at radius 3 is 2.50 bits per heavy atom. The van der Waals surface area contributed by atoms with Gasteiger partial charge in [-0.25, -0.2) is 0 Å². The molecule has 0 aromatic rings. The van der Waals surface area contributed by atoms with E-state index >= 15 is 0 Å². The number of amides is 1. The zero-order valence-corrected chi connectivity index (χ0v) is 11.9. The van der Waals surface area contributed by atoms with Crippen molar-refractivity contribution in [3.63, 3.8) is 0 Å². The first-order chi connectivity index (χ1) is 7.50. The Morgan fingerprint density at radius 1 is 1.19 bits per heavy atom. The van der Waals surface area contributed by atoms with Crippen molar-refractivity contribution in [2.45, 2.75) is 62.7 Å². The average Bonchev–Trinajstić information content (AvgIpc) is 2.26. The van der Waals surface area contributed by atoms with E-state index in [-0.39, 0.29) is 5.91 Å². The van der Waals surface area contributed by atoms with Gasteiger partial charge in [0.15, 0.2) is 0 Å². The molecule has 2 fully saturated rings. The van der Waals surface area contributed by atoms with Gasteiger partial charge in [-0.05, 0) is 45.4 Å².